The van der Waals surface area contributed by atoms with Gasteiger partial charge < -0.3 is 14.8 Å². The van der Waals surface area contributed by atoms with Crippen LogP contribution in [-0.2, 0) is 14.3 Å². The summed E-state index contributed by atoms with van der Waals surface area (Å²) in [5, 5.41) is 2.40. The molecule has 0 fully saturated rings. The SMILES string of the molecule is COC(=O)N[C@@H](CCSC)C(=O)OC. The monoisotopic (exact) mass is 221 g/mol. The highest BCUT2D eigenvalue weighted by Crippen LogP contribution is 2.02. The summed E-state index contributed by atoms with van der Waals surface area (Å²) in [5.41, 5.74) is 0. The van der Waals surface area contributed by atoms with Gasteiger partial charge in [-0.05, 0) is 18.4 Å². The molecule has 1 atom stereocenters. The maximum absolute atomic E-state index is 11.2. The van der Waals surface area contributed by atoms with Crippen molar-refractivity contribution in [2.75, 3.05) is 26.2 Å². The van der Waals surface area contributed by atoms with Crippen molar-refractivity contribution >= 4 is 23.8 Å². The van der Waals surface area contributed by atoms with E-state index >= 15 is 0 Å². The van der Waals surface area contributed by atoms with Crippen LogP contribution in [0.1, 0.15) is 6.42 Å². The minimum atomic E-state index is -0.625. The molecule has 5 nitrogen and oxygen atoms in total. The lowest BCUT2D eigenvalue weighted by molar-refractivity contribution is -0.143. The lowest BCUT2D eigenvalue weighted by atomic mass is 10.2. The summed E-state index contributed by atoms with van der Waals surface area (Å²) in [6.07, 6.45) is 1.83. The van der Waals surface area contributed by atoms with Crippen LogP contribution in [0.5, 0.6) is 0 Å². The summed E-state index contributed by atoms with van der Waals surface area (Å²) in [6.45, 7) is 0. The second kappa shape index (κ2) is 7.49. The van der Waals surface area contributed by atoms with E-state index in [1.807, 2.05) is 6.26 Å². The Morgan fingerprint density at radius 2 is 2.00 bits per heavy atom. The molecule has 0 aliphatic rings. The first-order valence-corrected chi connectivity index (χ1v) is 5.46. The van der Waals surface area contributed by atoms with Crippen molar-refractivity contribution in [3.63, 3.8) is 0 Å². The molecule has 0 aliphatic carbocycles. The van der Waals surface area contributed by atoms with Crippen LogP contribution >= 0.6 is 11.8 Å². The van der Waals surface area contributed by atoms with E-state index in [1.165, 1.54) is 14.2 Å². The topological polar surface area (TPSA) is 64.6 Å². The van der Waals surface area contributed by atoms with Crippen molar-refractivity contribution in [3.8, 4) is 0 Å². The number of esters is 1. The smallest absolute Gasteiger partial charge is 0.407 e. The molecular weight excluding hydrogens is 206 g/mol. The highest BCUT2D eigenvalue weighted by molar-refractivity contribution is 7.98. The van der Waals surface area contributed by atoms with Crippen molar-refractivity contribution in [2.45, 2.75) is 12.5 Å². The molecule has 0 aromatic carbocycles. The van der Waals surface area contributed by atoms with E-state index in [1.54, 1.807) is 11.8 Å². The number of nitrogens with one attached hydrogen (secondary N) is 1. The zero-order valence-electron chi connectivity index (χ0n) is 8.53. The molecule has 0 unspecified atom stereocenters. The number of thioether (sulfide) groups is 1. The van der Waals surface area contributed by atoms with E-state index in [2.05, 4.69) is 14.8 Å². The number of hydrogen-bond acceptors (Lipinski definition) is 5. The largest absolute Gasteiger partial charge is 0.467 e. The number of rotatable bonds is 5. The number of alkyl carbamates (subject to hydrolysis) is 1. The first kappa shape index (κ1) is 13.1. The van der Waals surface area contributed by atoms with Gasteiger partial charge in [-0.15, -0.1) is 0 Å². The standard InChI is InChI=1S/C8H15NO4S/c1-12-7(10)6(4-5-14-3)9-8(11)13-2/h6H,4-5H2,1-3H3,(H,9,11)/t6-/m0/s1. The van der Waals surface area contributed by atoms with E-state index in [4.69, 9.17) is 0 Å². The van der Waals surface area contributed by atoms with Crippen LogP contribution in [0.25, 0.3) is 0 Å². The average molecular weight is 221 g/mol. The predicted octanol–water partition coefficient (Wildman–Crippen LogP) is 0.637. The summed E-state index contributed by atoms with van der Waals surface area (Å²) in [4.78, 5) is 22.0. The molecule has 0 spiro atoms. The van der Waals surface area contributed by atoms with E-state index in [9.17, 15) is 9.59 Å². The third-order valence-electron chi connectivity index (χ3n) is 1.57. The van der Waals surface area contributed by atoms with Crippen LogP contribution in [0.3, 0.4) is 0 Å². The molecule has 6 heteroatoms. The Bertz CT molecular complexity index is 198. The second-order valence-electron chi connectivity index (χ2n) is 2.49. The van der Waals surface area contributed by atoms with Gasteiger partial charge in [0.1, 0.15) is 6.04 Å². The fourth-order valence-corrected chi connectivity index (χ4v) is 1.30. The number of amides is 1. The summed E-state index contributed by atoms with van der Waals surface area (Å²) >= 11 is 1.59. The van der Waals surface area contributed by atoms with Crippen LogP contribution in [-0.4, -0.2) is 44.3 Å². The zero-order chi connectivity index (χ0) is 11.0. The summed E-state index contributed by atoms with van der Waals surface area (Å²) in [7, 11) is 2.53. The van der Waals surface area contributed by atoms with Crippen LogP contribution in [0.2, 0.25) is 0 Å². The second-order valence-corrected chi connectivity index (χ2v) is 3.48. The van der Waals surface area contributed by atoms with Crippen molar-refractivity contribution < 1.29 is 19.1 Å². The van der Waals surface area contributed by atoms with E-state index in [-0.39, 0.29) is 0 Å². The Kier molecular flexibility index (Phi) is 7.00. The predicted molar refractivity (Wildman–Crippen MR) is 54.3 cm³/mol. The number of hydrogen-bond donors (Lipinski definition) is 1. The molecule has 1 N–H and O–H groups in total. The van der Waals surface area contributed by atoms with Crippen molar-refractivity contribution in [1.29, 1.82) is 0 Å². The Hall–Kier alpha value is -0.910. The quantitative estimate of drug-likeness (QED) is 0.690. The number of carbonyl (C=O) groups is 2. The number of ether oxygens (including phenoxy) is 2. The Morgan fingerprint density at radius 3 is 2.43 bits per heavy atom. The molecule has 0 aromatic heterocycles. The number of carbonyl (C=O) groups excluding carboxylic acids is 2. The lowest BCUT2D eigenvalue weighted by Crippen LogP contribution is -2.41. The van der Waals surface area contributed by atoms with E-state index in [0.29, 0.717) is 6.42 Å². The first-order chi connectivity index (χ1) is 6.65. The van der Waals surface area contributed by atoms with Gasteiger partial charge >= 0.3 is 12.1 Å². The van der Waals surface area contributed by atoms with Crippen LogP contribution in [0.4, 0.5) is 4.79 Å². The fraction of sp³-hybridized carbons (Fsp3) is 0.750. The number of methoxy groups -OCH3 is 2. The molecule has 0 heterocycles. The maximum Gasteiger partial charge on any atom is 0.407 e. The highest BCUT2D eigenvalue weighted by Gasteiger charge is 2.20. The molecule has 0 aromatic rings. The van der Waals surface area contributed by atoms with Gasteiger partial charge in [0.15, 0.2) is 0 Å². The minimum absolute atomic E-state index is 0.454. The van der Waals surface area contributed by atoms with Gasteiger partial charge in [-0.1, -0.05) is 0 Å². The molecule has 82 valence electrons. The lowest BCUT2D eigenvalue weighted by Gasteiger charge is -2.14. The summed E-state index contributed by atoms with van der Waals surface area (Å²) in [5.74, 6) is 0.313. The minimum Gasteiger partial charge on any atom is -0.467 e. The highest BCUT2D eigenvalue weighted by atomic mass is 32.2. The van der Waals surface area contributed by atoms with Gasteiger partial charge in [0.2, 0.25) is 0 Å². The Morgan fingerprint density at radius 1 is 1.36 bits per heavy atom. The van der Waals surface area contributed by atoms with E-state index < -0.39 is 18.1 Å². The van der Waals surface area contributed by atoms with Gasteiger partial charge in [0, 0.05) is 0 Å². The van der Waals surface area contributed by atoms with Gasteiger partial charge in [0.05, 0.1) is 14.2 Å². The Labute approximate surface area is 87.5 Å². The molecule has 0 saturated carbocycles. The third kappa shape index (κ3) is 4.96. The summed E-state index contributed by atoms with van der Waals surface area (Å²) < 4.78 is 8.93. The maximum atomic E-state index is 11.2. The van der Waals surface area contributed by atoms with Gasteiger partial charge in [0.25, 0.3) is 0 Å². The third-order valence-corrected chi connectivity index (χ3v) is 2.22. The van der Waals surface area contributed by atoms with Crippen molar-refractivity contribution in [2.24, 2.45) is 0 Å². The molecule has 0 aliphatic heterocycles. The van der Waals surface area contributed by atoms with Gasteiger partial charge in [-0.2, -0.15) is 11.8 Å². The van der Waals surface area contributed by atoms with Crippen LogP contribution < -0.4 is 5.32 Å². The fourth-order valence-electron chi connectivity index (χ4n) is 0.828. The molecule has 0 saturated heterocycles. The molecule has 0 radical (unpaired) electrons. The van der Waals surface area contributed by atoms with E-state index in [0.717, 1.165) is 5.75 Å². The molecule has 1 amide bonds. The molecule has 0 rings (SSSR count). The van der Waals surface area contributed by atoms with Crippen molar-refractivity contribution in [1.82, 2.24) is 5.32 Å². The molecular formula is C8H15NO4S. The van der Waals surface area contributed by atoms with Gasteiger partial charge in [-0.3, -0.25) is 0 Å². The summed E-state index contributed by atoms with van der Waals surface area (Å²) in [6, 6.07) is -0.625. The molecule has 14 heavy (non-hydrogen) atoms. The molecule has 0 bridgehead atoms. The van der Waals surface area contributed by atoms with Crippen LogP contribution in [0.15, 0.2) is 0 Å². The average Bonchev–Trinajstić information content (AvgIpc) is 2.22. The zero-order valence-corrected chi connectivity index (χ0v) is 9.35. The van der Waals surface area contributed by atoms with Crippen LogP contribution in [0, 0.1) is 0 Å². The van der Waals surface area contributed by atoms with Crippen molar-refractivity contribution in [3.05, 3.63) is 0 Å². The first-order valence-electron chi connectivity index (χ1n) is 4.07. The van der Waals surface area contributed by atoms with Gasteiger partial charge in [-0.25, -0.2) is 9.59 Å². The normalized spacial score (nSPS) is 11.6. The Balaban J connectivity index is 4.09.